The first-order valence-corrected chi connectivity index (χ1v) is 15.4. The first kappa shape index (κ1) is 29.4. The Balaban J connectivity index is 1.23. The van der Waals surface area contributed by atoms with E-state index in [-0.39, 0.29) is 23.7 Å². The second-order valence-corrected chi connectivity index (χ2v) is 11.6. The van der Waals surface area contributed by atoms with Crippen LogP contribution in [-0.4, -0.2) is 90.7 Å². The number of anilines is 2. The number of thioether (sulfide) groups is 1. The van der Waals surface area contributed by atoms with E-state index in [1.54, 1.807) is 24.3 Å². The third-order valence-electron chi connectivity index (χ3n) is 7.03. The van der Waals surface area contributed by atoms with E-state index in [1.807, 2.05) is 34.1 Å². The number of hydrogen-bond donors (Lipinski definition) is 0. The Labute approximate surface area is 261 Å². The lowest BCUT2D eigenvalue weighted by Crippen LogP contribution is -2.40. The molecule has 1 aromatic heterocycles. The number of ether oxygens (including phenoxy) is 4. The standard InChI is InChI=1S/C29H29BrN6O6S/c1-39-23-16-19(17-24-25(37)36(29(38)43-24)18-20-4-2-3-5-21(20)30)6-7-22(23)42-28-32-26(34-8-12-40-13-9-34)31-27(33-28)35-10-14-41-15-11-35/h2-7,16-17H,8-15,18H2,1H3/b24-17-. The molecule has 3 aliphatic rings. The molecule has 3 aromatic rings. The Morgan fingerprint density at radius 3 is 2.19 bits per heavy atom. The third kappa shape index (κ3) is 6.77. The van der Waals surface area contributed by atoms with Crippen molar-refractivity contribution in [1.29, 1.82) is 0 Å². The molecule has 3 saturated heterocycles. The van der Waals surface area contributed by atoms with Crippen molar-refractivity contribution >= 4 is 56.8 Å². The lowest BCUT2D eigenvalue weighted by molar-refractivity contribution is -0.123. The monoisotopic (exact) mass is 668 g/mol. The predicted molar refractivity (Wildman–Crippen MR) is 165 cm³/mol. The van der Waals surface area contributed by atoms with Crippen LogP contribution in [0.3, 0.4) is 0 Å². The van der Waals surface area contributed by atoms with E-state index in [2.05, 4.69) is 25.9 Å². The molecular weight excluding hydrogens is 640 g/mol. The van der Waals surface area contributed by atoms with Crippen molar-refractivity contribution < 1.29 is 28.5 Å². The van der Waals surface area contributed by atoms with Crippen molar-refractivity contribution in [3.05, 3.63) is 63.0 Å². The summed E-state index contributed by atoms with van der Waals surface area (Å²) in [5, 5.41) is -0.319. The molecule has 0 N–H and O–H groups in total. The summed E-state index contributed by atoms with van der Waals surface area (Å²) in [6.07, 6.45) is 1.67. The lowest BCUT2D eigenvalue weighted by Gasteiger charge is -2.30. The highest BCUT2D eigenvalue weighted by Crippen LogP contribution is 2.37. The number of halogens is 1. The predicted octanol–water partition coefficient (Wildman–Crippen LogP) is 4.34. The van der Waals surface area contributed by atoms with E-state index in [9.17, 15) is 9.59 Å². The lowest BCUT2D eigenvalue weighted by atomic mass is 10.1. The molecule has 0 aliphatic carbocycles. The van der Waals surface area contributed by atoms with Crippen LogP contribution < -0.4 is 19.3 Å². The van der Waals surface area contributed by atoms with Crippen molar-refractivity contribution in [2.75, 3.05) is 69.5 Å². The minimum atomic E-state index is -0.346. The minimum Gasteiger partial charge on any atom is -0.493 e. The van der Waals surface area contributed by atoms with Crippen molar-refractivity contribution in [2.24, 2.45) is 0 Å². The fraction of sp³-hybridized carbons (Fsp3) is 0.345. The Kier molecular flexibility index (Phi) is 9.07. The molecule has 0 saturated carbocycles. The van der Waals surface area contributed by atoms with Gasteiger partial charge in [0, 0.05) is 30.7 Å². The fourth-order valence-corrected chi connectivity index (χ4v) is 5.98. The molecule has 0 spiro atoms. The summed E-state index contributed by atoms with van der Waals surface area (Å²) in [4.78, 5) is 45.4. The van der Waals surface area contributed by atoms with Gasteiger partial charge in [0.15, 0.2) is 11.5 Å². The van der Waals surface area contributed by atoms with Crippen LogP contribution in [0.1, 0.15) is 11.1 Å². The molecule has 4 heterocycles. The van der Waals surface area contributed by atoms with Crippen LogP contribution >= 0.6 is 27.7 Å². The van der Waals surface area contributed by atoms with Crippen LogP contribution in [0.25, 0.3) is 6.08 Å². The average molecular weight is 670 g/mol. The second-order valence-electron chi connectivity index (χ2n) is 9.79. The van der Waals surface area contributed by atoms with Crippen molar-refractivity contribution in [1.82, 2.24) is 19.9 Å². The number of hydrogen-bond acceptors (Lipinski definition) is 12. The molecule has 0 atom stereocenters. The molecule has 224 valence electrons. The van der Waals surface area contributed by atoms with Gasteiger partial charge in [0.2, 0.25) is 11.9 Å². The Morgan fingerprint density at radius 1 is 0.907 bits per heavy atom. The Morgan fingerprint density at radius 2 is 1.56 bits per heavy atom. The average Bonchev–Trinajstić information content (AvgIpc) is 3.30. The van der Waals surface area contributed by atoms with Gasteiger partial charge in [-0.2, -0.15) is 15.0 Å². The molecule has 2 aromatic carbocycles. The number of nitrogens with zero attached hydrogens (tertiary/aromatic N) is 6. The van der Waals surface area contributed by atoms with Crippen LogP contribution in [0.4, 0.5) is 16.7 Å². The minimum absolute atomic E-state index is 0.136. The molecule has 2 amide bonds. The number of benzene rings is 2. The molecule has 3 fully saturated rings. The fourth-order valence-electron chi connectivity index (χ4n) is 4.73. The normalized spacial score (nSPS) is 18.5. The number of carbonyl (C=O) groups is 2. The van der Waals surface area contributed by atoms with E-state index in [1.165, 1.54) is 12.0 Å². The van der Waals surface area contributed by atoms with E-state index in [4.69, 9.17) is 23.9 Å². The Bertz CT molecular complexity index is 1510. The number of aromatic nitrogens is 3. The molecule has 14 heteroatoms. The first-order chi connectivity index (χ1) is 21.0. The zero-order valence-corrected chi connectivity index (χ0v) is 25.8. The van der Waals surface area contributed by atoms with E-state index in [0.717, 1.165) is 21.8 Å². The highest BCUT2D eigenvalue weighted by molar-refractivity contribution is 9.10. The molecule has 3 aliphatic heterocycles. The quantitative estimate of drug-likeness (QED) is 0.318. The zero-order chi connectivity index (χ0) is 29.8. The summed E-state index contributed by atoms with van der Waals surface area (Å²) in [6, 6.07) is 12.9. The molecule has 43 heavy (non-hydrogen) atoms. The summed E-state index contributed by atoms with van der Waals surface area (Å²) in [6.45, 7) is 5.21. The smallest absolute Gasteiger partial charge is 0.328 e. The third-order valence-corrected chi connectivity index (χ3v) is 8.71. The zero-order valence-electron chi connectivity index (χ0n) is 23.4. The van der Waals surface area contributed by atoms with Crippen molar-refractivity contribution in [3.63, 3.8) is 0 Å². The van der Waals surface area contributed by atoms with E-state index < -0.39 is 0 Å². The van der Waals surface area contributed by atoms with Crippen LogP contribution in [0.5, 0.6) is 17.5 Å². The van der Waals surface area contributed by atoms with Gasteiger partial charge in [-0.25, -0.2) is 0 Å². The maximum absolute atomic E-state index is 13.1. The molecule has 0 bridgehead atoms. The summed E-state index contributed by atoms with van der Waals surface area (Å²) in [5.41, 5.74) is 1.52. The van der Waals surface area contributed by atoms with Gasteiger partial charge in [-0.1, -0.05) is 40.2 Å². The first-order valence-electron chi connectivity index (χ1n) is 13.7. The largest absolute Gasteiger partial charge is 0.493 e. The molecular formula is C29H29BrN6O6S. The second kappa shape index (κ2) is 13.3. The van der Waals surface area contributed by atoms with E-state index >= 15 is 0 Å². The topological polar surface area (TPSA) is 119 Å². The summed E-state index contributed by atoms with van der Waals surface area (Å²) in [5.74, 6) is 1.50. The van der Waals surface area contributed by atoms with Gasteiger partial charge in [-0.15, -0.1) is 0 Å². The number of amides is 2. The van der Waals surface area contributed by atoms with Crippen LogP contribution in [0.2, 0.25) is 0 Å². The highest BCUT2D eigenvalue weighted by Gasteiger charge is 2.35. The van der Waals surface area contributed by atoms with Gasteiger partial charge < -0.3 is 28.7 Å². The Hall–Kier alpha value is -3.72. The van der Waals surface area contributed by atoms with E-state index in [0.29, 0.717) is 86.5 Å². The molecule has 12 nitrogen and oxygen atoms in total. The van der Waals surface area contributed by atoms with Gasteiger partial charge in [0.05, 0.1) is 45.0 Å². The maximum atomic E-state index is 13.1. The molecule has 0 radical (unpaired) electrons. The molecule has 0 unspecified atom stereocenters. The van der Waals surface area contributed by atoms with Gasteiger partial charge in [0.25, 0.3) is 11.1 Å². The van der Waals surface area contributed by atoms with Crippen molar-refractivity contribution in [2.45, 2.75) is 6.54 Å². The summed E-state index contributed by atoms with van der Waals surface area (Å²) >= 11 is 4.39. The van der Waals surface area contributed by atoms with Gasteiger partial charge in [0.1, 0.15) is 0 Å². The highest BCUT2D eigenvalue weighted by atomic mass is 79.9. The number of morpholine rings is 2. The van der Waals surface area contributed by atoms with Gasteiger partial charge in [-0.3, -0.25) is 14.5 Å². The van der Waals surface area contributed by atoms with Crippen LogP contribution in [0.15, 0.2) is 51.8 Å². The maximum Gasteiger partial charge on any atom is 0.328 e. The summed E-state index contributed by atoms with van der Waals surface area (Å²) < 4.78 is 23.6. The molecule has 6 rings (SSSR count). The van der Waals surface area contributed by atoms with Gasteiger partial charge >= 0.3 is 6.01 Å². The van der Waals surface area contributed by atoms with Crippen molar-refractivity contribution in [3.8, 4) is 17.5 Å². The summed E-state index contributed by atoms with van der Waals surface area (Å²) in [7, 11) is 1.53. The SMILES string of the molecule is COc1cc(/C=C2\SC(=O)N(Cc3ccccc3Br)C2=O)ccc1Oc1nc(N2CCOCC2)nc(N2CCOCC2)n1. The number of methoxy groups -OCH3 is 1. The number of imide groups is 1. The number of rotatable bonds is 8. The van der Waals surface area contributed by atoms with Gasteiger partial charge in [-0.05, 0) is 47.2 Å². The van der Waals surface area contributed by atoms with Crippen LogP contribution in [-0.2, 0) is 20.8 Å². The van der Waals surface area contributed by atoms with Crippen LogP contribution in [0, 0.1) is 0 Å². The number of carbonyl (C=O) groups excluding carboxylic acids is 2.